The first-order valence-corrected chi connectivity index (χ1v) is 5.99. The number of hydrogen-bond donors (Lipinski definition) is 2. The smallest absolute Gasteiger partial charge is 0.135 e. The number of ether oxygens (including phenoxy) is 1. The molecule has 0 aromatic heterocycles. The van der Waals surface area contributed by atoms with Crippen molar-refractivity contribution < 1.29 is 19.3 Å². The van der Waals surface area contributed by atoms with Crippen LogP contribution in [0, 0.1) is 17.7 Å². The van der Waals surface area contributed by atoms with E-state index >= 15 is 0 Å². The van der Waals surface area contributed by atoms with Crippen molar-refractivity contribution in [2.24, 2.45) is 0 Å². The third-order valence-electron chi connectivity index (χ3n) is 2.55. The molecule has 0 aliphatic carbocycles. The van der Waals surface area contributed by atoms with Crippen molar-refractivity contribution in [2.45, 2.75) is 6.61 Å². The summed E-state index contributed by atoms with van der Waals surface area (Å²) in [6, 6.07) is 10.7. The summed E-state index contributed by atoms with van der Waals surface area (Å²) in [7, 11) is 0. The number of halogens is 1. The third kappa shape index (κ3) is 3.74. The molecule has 0 fully saturated rings. The van der Waals surface area contributed by atoms with Crippen LogP contribution in [0.15, 0.2) is 42.5 Å². The maximum absolute atomic E-state index is 13.2. The molecule has 0 bridgehead atoms. The summed E-state index contributed by atoms with van der Waals surface area (Å²) >= 11 is 0. The molecule has 4 heteroatoms. The number of hydrogen-bond acceptors (Lipinski definition) is 3. The molecule has 0 saturated heterocycles. The average molecular weight is 272 g/mol. The van der Waals surface area contributed by atoms with Crippen LogP contribution >= 0.6 is 0 Å². The third-order valence-corrected chi connectivity index (χ3v) is 2.55. The molecule has 0 radical (unpaired) electrons. The molecular formula is C16H13FO3. The summed E-state index contributed by atoms with van der Waals surface area (Å²) in [6.07, 6.45) is 0. The standard InChI is InChI=1S/C16H13FO3/c17-14-6-7-16(13(10-14)4-2-8-18)20-11-12-3-1-5-15(19)9-12/h1,3,5-7,9-10,18-19H,8,11H2. The van der Waals surface area contributed by atoms with Gasteiger partial charge in [0.25, 0.3) is 0 Å². The Labute approximate surface area is 116 Å². The number of phenolic OH excluding ortho intramolecular Hbond substituents is 1. The highest BCUT2D eigenvalue weighted by Crippen LogP contribution is 2.21. The molecular weight excluding hydrogens is 259 g/mol. The normalized spacial score (nSPS) is 9.70. The van der Waals surface area contributed by atoms with E-state index in [1.54, 1.807) is 18.2 Å². The monoisotopic (exact) mass is 272 g/mol. The van der Waals surface area contributed by atoms with Crippen LogP contribution in [0.2, 0.25) is 0 Å². The van der Waals surface area contributed by atoms with Gasteiger partial charge in [-0.25, -0.2) is 4.39 Å². The second-order valence-electron chi connectivity index (χ2n) is 4.06. The minimum Gasteiger partial charge on any atom is -0.508 e. The molecule has 0 amide bonds. The number of aliphatic hydroxyl groups is 1. The van der Waals surface area contributed by atoms with Crippen molar-refractivity contribution in [1.29, 1.82) is 0 Å². The predicted molar refractivity (Wildman–Crippen MR) is 72.8 cm³/mol. The van der Waals surface area contributed by atoms with Gasteiger partial charge in [0.15, 0.2) is 0 Å². The molecule has 0 atom stereocenters. The molecule has 2 aromatic rings. The zero-order valence-electron chi connectivity index (χ0n) is 10.6. The van der Waals surface area contributed by atoms with Gasteiger partial charge >= 0.3 is 0 Å². The fourth-order valence-corrected chi connectivity index (χ4v) is 1.67. The quantitative estimate of drug-likeness (QED) is 0.844. The Morgan fingerprint density at radius 2 is 2.00 bits per heavy atom. The van der Waals surface area contributed by atoms with Gasteiger partial charge in [-0.2, -0.15) is 0 Å². The van der Waals surface area contributed by atoms with E-state index in [2.05, 4.69) is 11.8 Å². The maximum atomic E-state index is 13.2. The highest BCUT2D eigenvalue weighted by Gasteiger charge is 2.04. The van der Waals surface area contributed by atoms with Crippen LogP contribution in [0.5, 0.6) is 11.5 Å². The van der Waals surface area contributed by atoms with Crippen molar-refractivity contribution in [1.82, 2.24) is 0 Å². The van der Waals surface area contributed by atoms with Crippen LogP contribution in [0.1, 0.15) is 11.1 Å². The Morgan fingerprint density at radius 1 is 1.15 bits per heavy atom. The number of aromatic hydroxyl groups is 1. The molecule has 0 aliphatic heterocycles. The molecule has 20 heavy (non-hydrogen) atoms. The van der Waals surface area contributed by atoms with E-state index in [0.29, 0.717) is 11.3 Å². The number of aliphatic hydroxyl groups excluding tert-OH is 1. The van der Waals surface area contributed by atoms with Gasteiger partial charge in [-0.05, 0) is 35.9 Å². The van der Waals surface area contributed by atoms with Crippen molar-refractivity contribution in [3.8, 4) is 23.3 Å². The van der Waals surface area contributed by atoms with Gasteiger partial charge < -0.3 is 14.9 Å². The van der Waals surface area contributed by atoms with E-state index in [4.69, 9.17) is 9.84 Å². The van der Waals surface area contributed by atoms with Gasteiger partial charge in [-0.15, -0.1) is 0 Å². The van der Waals surface area contributed by atoms with Crippen LogP contribution in [0.4, 0.5) is 4.39 Å². The largest absolute Gasteiger partial charge is 0.508 e. The SMILES string of the molecule is OCC#Cc1cc(F)ccc1OCc1cccc(O)c1. The lowest BCUT2D eigenvalue weighted by Crippen LogP contribution is -1.97. The van der Waals surface area contributed by atoms with E-state index in [1.165, 1.54) is 18.2 Å². The topological polar surface area (TPSA) is 49.7 Å². The van der Waals surface area contributed by atoms with E-state index in [0.717, 1.165) is 5.56 Å². The molecule has 0 heterocycles. The minimum absolute atomic E-state index is 0.158. The van der Waals surface area contributed by atoms with Crippen molar-refractivity contribution in [2.75, 3.05) is 6.61 Å². The first kappa shape index (κ1) is 13.9. The van der Waals surface area contributed by atoms with Gasteiger partial charge in [-0.1, -0.05) is 24.0 Å². The fraction of sp³-hybridized carbons (Fsp3) is 0.125. The van der Waals surface area contributed by atoms with Crippen LogP contribution in [0.25, 0.3) is 0 Å². The predicted octanol–water partition coefficient (Wildman–Crippen LogP) is 2.45. The average Bonchev–Trinajstić information content (AvgIpc) is 2.44. The summed E-state index contributed by atoms with van der Waals surface area (Å²) in [5.41, 5.74) is 1.16. The number of phenols is 1. The van der Waals surface area contributed by atoms with Crippen molar-refractivity contribution in [3.63, 3.8) is 0 Å². The molecule has 2 aromatic carbocycles. The molecule has 3 nitrogen and oxygen atoms in total. The Bertz CT molecular complexity index is 656. The van der Waals surface area contributed by atoms with Gasteiger partial charge in [-0.3, -0.25) is 0 Å². The molecule has 0 aliphatic rings. The van der Waals surface area contributed by atoms with Crippen molar-refractivity contribution in [3.05, 3.63) is 59.4 Å². The van der Waals surface area contributed by atoms with Crippen molar-refractivity contribution >= 4 is 0 Å². The summed E-state index contributed by atoms with van der Waals surface area (Å²) in [4.78, 5) is 0. The van der Waals surface area contributed by atoms with E-state index in [1.807, 2.05) is 6.07 Å². The number of benzene rings is 2. The summed E-state index contributed by atoms with van der Waals surface area (Å²) in [5.74, 6) is 5.26. The Balaban J connectivity index is 2.16. The molecule has 0 unspecified atom stereocenters. The molecule has 102 valence electrons. The maximum Gasteiger partial charge on any atom is 0.135 e. The molecule has 2 N–H and O–H groups in total. The van der Waals surface area contributed by atoms with Gasteiger partial charge in [0.1, 0.15) is 30.5 Å². The van der Waals surface area contributed by atoms with Gasteiger partial charge in [0.05, 0.1) is 5.56 Å². The van der Waals surface area contributed by atoms with E-state index in [-0.39, 0.29) is 19.0 Å². The summed E-state index contributed by atoms with van der Waals surface area (Å²) in [6.45, 7) is -0.0731. The lowest BCUT2D eigenvalue weighted by molar-refractivity contribution is 0.304. The first-order chi connectivity index (χ1) is 9.69. The summed E-state index contributed by atoms with van der Waals surface area (Å²) < 4.78 is 18.7. The van der Waals surface area contributed by atoms with E-state index < -0.39 is 5.82 Å². The molecule has 2 rings (SSSR count). The Hall–Kier alpha value is -2.51. The van der Waals surface area contributed by atoms with Crippen LogP contribution in [-0.4, -0.2) is 16.8 Å². The van der Waals surface area contributed by atoms with Gasteiger partial charge in [0.2, 0.25) is 0 Å². The minimum atomic E-state index is -0.419. The van der Waals surface area contributed by atoms with Gasteiger partial charge in [0, 0.05) is 0 Å². The summed E-state index contributed by atoms with van der Waals surface area (Å²) in [5, 5.41) is 18.1. The number of rotatable bonds is 3. The fourth-order valence-electron chi connectivity index (χ4n) is 1.67. The Morgan fingerprint density at radius 3 is 2.75 bits per heavy atom. The lowest BCUT2D eigenvalue weighted by Gasteiger charge is -2.08. The van der Waals surface area contributed by atoms with E-state index in [9.17, 15) is 9.50 Å². The van der Waals surface area contributed by atoms with Crippen LogP contribution in [-0.2, 0) is 6.61 Å². The molecule has 0 spiro atoms. The second kappa shape index (κ2) is 6.60. The zero-order chi connectivity index (χ0) is 14.4. The molecule has 0 saturated carbocycles. The highest BCUT2D eigenvalue weighted by molar-refractivity contribution is 5.46. The highest BCUT2D eigenvalue weighted by atomic mass is 19.1. The first-order valence-electron chi connectivity index (χ1n) is 5.99. The lowest BCUT2D eigenvalue weighted by atomic mass is 10.2. The van der Waals surface area contributed by atoms with Crippen LogP contribution < -0.4 is 4.74 Å². The zero-order valence-corrected chi connectivity index (χ0v) is 10.6. The second-order valence-corrected chi connectivity index (χ2v) is 4.06. The van der Waals surface area contributed by atoms with Crippen LogP contribution in [0.3, 0.4) is 0 Å². The Kier molecular flexibility index (Phi) is 4.59.